The molecule has 1 aromatic rings. The van der Waals surface area contributed by atoms with E-state index in [0.29, 0.717) is 6.42 Å². The minimum absolute atomic E-state index is 0.203. The Balaban J connectivity index is 2.86. The monoisotopic (exact) mass is 306 g/mol. The van der Waals surface area contributed by atoms with E-state index in [0.717, 1.165) is 14.5 Å². The third-order valence-corrected chi connectivity index (χ3v) is 3.38. The van der Waals surface area contributed by atoms with Crippen molar-refractivity contribution in [3.63, 3.8) is 0 Å². The Hall–Kier alpha value is -0.550. The lowest BCUT2D eigenvalue weighted by atomic mass is 10.1. The number of hydrogen-bond donors (Lipinski definition) is 2. The summed E-state index contributed by atoms with van der Waals surface area (Å²) in [5.41, 5.74) is 6.36. The van der Waals surface area contributed by atoms with Crippen molar-refractivity contribution in [2.45, 2.75) is 6.42 Å². The first kappa shape index (κ1) is 10.5. The fraction of sp³-hybridized carbons (Fsp3) is 0.125. The van der Waals surface area contributed by atoms with E-state index < -0.39 is 0 Å². The van der Waals surface area contributed by atoms with Crippen molar-refractivity contribution in [2.75, 3.05) is 0 Å². The van der Waals surface area contributed by atoms with Crippen molar-refractivity contribution >= 4 is 37.7 Å². The van der Waals surface area contributed by atoms with Gasteiger partial charge in [0.25, 0.3) is 0 Å². The van der Waals surface area contributed by atoms with Crippen LogP contribution in [0.25, 0.3) is 0 Å². The Bertz CT molecular complexity index is 339. The lowest BCUT2D eigenvalue weighted by Gasteiger charge is -2.01. The topological polar surface area (TPSA) is 58.6 Å². The number of hydrogen-bond acceptors (Lipinski definition) is 2. The zero-order valence-electron chi connectivity index (χ0n) is 6.67. The molecule has 0 aliphatic heterocycles. The lowest BCUT2D eigenvalue weighted by molar-refractivity contribution is 0.317. The molecule has 0 spiro atoms. The second-order valence-electron chi connectivity index (χ2n) is 2.52. The summed E-state index contributed by atoms with van der Waals surface area (Å²) in [7, 11) is 0. The molecule has 0 fully saturated rings. The molecule has 0 aliphatic carbocycles. The van der Waals surface area contributed by atoms with Gasteiger partial charge < -0.3 is 10.9 Å². The van der Waals surface area contributed by atoms with Gasteiger partial charge in [0.1, 0.15) is 5.84 Å². The van der Waals surface area contributed by atoms with Crippen LogP contribution >= 0.6 is 31.9 Å². The van der Waals surface area contributed by atoms with Crippen LogP contribution < -0.4 is 5.73 Å². The quantitative estimate of drug-likeness (QED) is 0.382. The maximum Gasteiger partial charge on any atom is 0.143 e. The summed E-state index contributed by atoms with van der Waals surface area (Å²) in [6.45, 7) is 0. The summed E-state index contributed by atoms with van der Waals surface area (Å²) < 4.78 is 1.94. The van der Waals surface area contributed by atoms with Gasteiger partial charge in [-0.25, -0.2) is 0 Å². The van der Waals surface area contributed by atoms with Gasteiger partial charge in [-0.05, 0) is 49.6 Å². The van der Waals surface area contributed by atoms with Crippen molar-refractivity contribution < 1.29 is 5.21 Å². The molecule has 3 N–H and O–H groups in total. The summed E-state index contributed by atoms with van der Waals surface area (Å²) in [6, 6.07) is 5.74. The highest BCUT2D eigenvalue weighted by Gasteiger charge is 2.00. The summed E-state index contributed by atoms with van der Waals surface area (Å²) >= 11 is 6.72. The fourth-order valence-electron chi connectivity index (χ4n) is 0.894. The van der Waals surface area contributed by atoms with Gasteiger partial charge in [0, 0.05) is 15.4 Å². The van der Waals surface area contributed by atoms with Gasteiger partial charge in [-0.3, -0.25) is 0 Å². The molecule has 0 aliphatic rings. The van der Waals surface area contributed by atoms with E-state index in [4.69, 9.17) is 10.9 Å². The minimum Gasteiger partial charge on any atom is -0.409 e. The summed E-state index contributed by atoms with van der Waals surface area (Å²) in [5, 5.41) is 11.3. The molecule has 0 unspecified atom stereocenters. The van der Waals surface area contributed by atoms with E-state index in [-0.39, 0.29) is 5.84 Å². The molecular weight excluding hydrogens is 300 g/mol. The largest absolute Gasteiger partial charge is 0.409 e. The van der Waals surface area contributed by atoms with Crippen LogP contribution in [0.1, 0.15) is 5.56 Å². The van der Waals surface area contributed by atoms with Crippen molar-refractivity contribution in [3.8, 4) is 0 Å². The van der Waals surface area contributed by atoms with Crippen molar-refractivity contribution in [1.29, 1.82) is 0 Å². The van der Waals surface area contributed by atoms with Gasteiger partial charge in [0.15, 0.2) is 0 Å². The van der Waals surface area contributed by atoms with Gasteiger partial charge in [-0.1, -0.05) is 11.2 Å². The molecule has 13 heavy (non-hydrogen) atoms. The second-order valence-corrected chi connectivity index (χ2v) is 4.23. The number of amidine groups is 1. The molecule has 1 aromatic carbocycles. The predicted molar refractivity (Wildman–Crippen MR) is 59.0 cm³/mol. The van der Waals surface area contributed by atoms with E-state index in [1.54, 1.807) is 0 Å². The molecular formula is C8H8Br2N2O. The van der Waals surface area contributed by atoms with Crippen LogP contribution in [0.5, 0.6) is 0 Å². The summed E-state index contributed by atoms with van der Waals surface area (Å²) in [6.07, 6.45) is 0.447. The Kier molecular flexibility index (Phi) is 3.74. The van der Waals surface area contributed by atoms with Crippen LogP contribution in [-0.2, 0) is 6.42 Å². The molecule has 0 heterocycles. The predicted octanol–water partition coefficient (Wildman–Crippen LogP) is 2.50. The first-order valence-electron chi connectivity index (χ1n) is 3.54. The highest BCUT2D eigenvalue weighted by Crippen LogP contribution is 2.23. The Labute approximate surface area is 92.9 Å². The van der Waals surface area contributed by atoms with E-state index in [1.165, 1.54) is 0 Å². The summed E-state index contributed by atoms with van der Waals surface area (Å²) in [5.74, 6) is 0.203. The zero-order valence-corrected chi connectivity index (χ0v) is 9.84. The maximum atomic E-state index is 8.36. The molecule has 1 rings (SSSR count). The fourth-order valence-corrected chi connectivity index (χ4v) is 1.57. The molecule has 0 saturated carbocycles. The molecule has 0 saturated heterocycles. The third-order valence-electron chi connectivity index (χ3n) is 1.50. The normalized spacial score (nSPS) is 11.7. The lowest BCUT2D eigenvalue weighted by Crippen LogP contribution is -2.14. The van der Waals surface area contributed by atoms with Gasteiger partial charge in [0.05, 0.1) is 0 Å². The van der Waals surface area contributed by atoms with Gasteiger partial charge in [0.2, 0.25) is 0 Å². The number of nitrogens with zero attached hydrogens (tertiary/aromatic N) is 1. The average molecular weight is 308 g/mol. The van der Waals surface area contributed by atoms with Crippen LogP contribution in [0.4, 0.5) is 0 Å². The van der Waals surface area contributed by atoms with E-state index in [9.17, 15) is 0 Å². The van der Waals surface area contributed by atoms with Crippen LogP contribution in [0.3, 0.4) is 0 Å². The highest BCUT2D eigenvalue weighted by atomic mass is 79.9. The third kappa shape index (κ3) is 3.00. The van der Waals surface area contributed by atoms with Crippen LogP contribution in [0.15, 0.2) is 32.3 Å². The Morgan fingerprint density at radius 2 is 2.08 bits per heavy atom. The number of rotatable bonds is 2. The van der Waals surface area contributed by atoms with Crippen molar-refractivity contribution in [2.24, 2.45) is 10.9 Å². The highest BCUT2D eigenvalue weighted by molar-refractivity contribution is 9.13. The van der Waals surface area contributed by atoms with Gasteiger partial charge in [-0.15, -0.1) is 0 Å². The van der Waals surface area contributed by atoms with Crippen LogP contribution in [-0.4, -0.2) is 11.0 Å². The Morgan fingerprint density at radius 1 is 1.38 bits per heavy atom. The van der Waals surface area contributed by atoms with Gasteiger partial charge in [-0.2, -0.15) is 0 Å². The van der Waals surface area contributed by atoms with Crippen molar-refractivity contribution in [3.05, 3.63) is 32.7 Å². The zero-order chi connectivity index (χ0) is 9.84. The van der Waals surface area contributed by atoms with Crippen molar-refractivity contribution in [1.82, 2.24) is 0 Å². The smallest absolute Gasteiger partial charge is 0.143 e. The SMILES string of the molecule is N/C(Cc1ccc(Br)c(Br)c1)=N/O. The molecule has 5 heteroatoms. The summed E-state index contributed by atoms with van der Waals surface area (Å²) in [4.78, 5) is 0. The van der Waals surface area contributed by atoms with E-state index in [2.05, 4.69) is 37.0 Å². The molecule has 70 valence electrons. The van der Waals surface area contributed by atoms with Crippen LogP contribution in [0.2, 0.25) is 0 Å². The molecule has 3 nitrogen and oxygen atoms in total. The molecule has 0 atom stereocenters. The number of nitrogens with two attached hydrogens (primary N) is 1. The average Bonchev–Trinajstić information content (AvgIpc) is 2.11. The molecule has 0 radical (unpaired) electrons. The number of oxime groups is 1. The van der Waals surface area contributed by atoms with E-state index in [1.807, 2.05) is 18.2 Å². The first-order valence-corrected chi connectivity index (χ1v) is 5.12. The molecule has 0 aromatic heterocycles. The molecule has 0 bridgehead atoms. The van der Waals surface area contributed by atoms with Crippen LogP contribution in [0, 0.1) is 0 Å². The van der Waals surface area contributed by atoms with Gasteiger partial charge >= 0.3 is 0 Å². The van der Waals surface area contributed by atoms with E-state index >= 15 is 0 Å². The standard InChI is InChI=1S/C8H8Br2N2O/c9-6-2-1-5(3-7(6)10)4-8(11)12-13/h1-3,13H,4H2,(H2,11,12). The Morgan fingerprint density at radius 3 is 2.62 bits per heavy atom. The number of benzene rings is 1. The number of halogens is 2. The molecule has 0 amide bonds. The second kappa shape index (κ2) is 4.62. The maximum absolute atomic E-state index is 8.36. The minimum atomic E-state index is 0.203. The first-order chi connectivity index (χ1) is 6.13.